The molecule has 0 spiro atoms. The highest BCUT2D eigenvalue weighted by Crippen LogP contribution is 2.33. The highest BCUT2D eigenvalue weighted by molar-refractivity contribution is 7.99. The van der Waals surface area contributed by atoms with Gasteiger partial charge in [0.1, 0.15) is 5.69 Å². The molecule has 0 saturated heterocycles. The molecule has 0 aliphatic rings. The highest BCUT2D eigenvalue weighted by Gasteiger charge is 2.32. The molecule has 2 N–H and O–H groups in total. The molecule has 0 atom stereocenters. The van der Waals surface area contributed by atoms with E-state index in [-0.39, 0.29) is 10.6 Å². The summed E-state index contributed by atoms with van der Waals surface area (Å²) in [6, 6.07) is 2.60. The van der Waals surface area contributed by atoms with Crippen LogP contribution in [-0.2, 0) is 12.6 Å². The average molecular weight is 385 g/mol. The van der Waals surface area contributed by atoms with Crippen LogP contribution in [0.5, 0.6) is 0 Å². The molecule has 1 amide bonds. The van der Waals surface area contributed by atoms with E-state index in [0.717, 1.165) is 17.8 Å². The third-order valence-corrected chi connectivity index (χ3v) is 4.30. The monoisotopic (exact) mass is 385 g/mol. The van der Waals surface area contributed by atoms with E-state index < -0.39 is 17.6 Å². The van der Waals surface area contributed by atoms with Gasteiger partial charge in [0.25, 0.3) is 5.91 Å². The van der Waals surface area contributed by atoms with Crippen molar-refractivity contribution in [2.75, 3.05) is 23.4 Å². The molecule has 0 saturated carbocycles. The molecule has 2 aromatic rings. The number of hydrogen-bond donors (Lipinski definition) is 2. The number of nitrogens with zero attached hydrogens (tertiary/aromatic N) is 3. The number of pyridine rings is 1. The van der Waals surface area contributed by atoms with Crippen LogP contribution >= 0.6 is 11.8 Å². The van der Waals surface area contributed by atoms with Crippen LogP contribution in [0.15, 0.2) is 23.2 Å². The van der Waals surface area contributed by atoms with Crippen molar-refractivity contribution < 1.29 is 18.0 Å². The van der Waals surface area contributed by atoms with Crippen LogP contribution < -0.4 is 10.6 Å². The fourth-order valence-corrected chi connectivity index (χ4v) is 2.91. The highest BCUT2D eigenvalue weighted by atomic mass is 32.2. The number of carbonyl (C=O) groups is 1. The maximum absolute atomic E-state index is 12.9. The molecule has 2 rings (SSSR count). The summed E-state index contributed by atoms with van der Waals surface area (Å²) in [5, 5.41) is 13.4. The van der Waals surface area contributed by atoms with Gasteiger partial charge in [-0.2, -0.15) is 18.3 Å². The van der Waals surface area contributed by atoms with E-state index in [9.17, 15) is 18.0 Å². The predicted octanol–water partition coefficient (Wildman–Crippen LogP) is 3.86. The molecule has 10 heteroatoms. The second-order valence-corrected chi connectivity index (χ2v) is 6.46. The first-order valence-corrected chi connectivity index (χ1v) is 8.84. The van der Waals surface area contributed by atoms with Crippen LogP contribution in [0.4, 0.5) is 24.7 Å². The Labute approximate surface area is 153 Å². The zero-order chi connectivity index (χ0) is 19.3. The molecule has 0 radical (unpaired) electrons. The van der Waals surface area contributed by atoms with Gasteiger partial charge in [-0.15, -0.1) is 16.9 Å². The van der Waals surface area contributed by atoms with Gasteiger partial charge in [-0.3, -0.25) is 4.79 Å². The van der Waals surface area contributed by atoms with E-state index in [1.165, 1.54) is 0 Å². The maximum Gasteiger partial charge on any atom is 0.417 e. The number of alkyl halides is 3. The summed E-state index contributed by atoms with van der Waals surface area (Å²) in [5.74, 6) is 0.246. The SMILES string of the molecule is CCSc1cc(C(F)(F)F)cnc1C(=O)Nc1cc(CC)nnc1NC. The third-order valence-electron chi connectivity index (χ3n) is 3.39. The van der Waals surface area contributed by atoms with Crippen LogP contribution in [0.2, 0.25) is 0 Å². The van der Waals surface area contributed by atoms with Crippen molar-refractivity contribution in [1.82, 2.24) is 15.2 Å². The Balaban J connectivity index is 2.38. The Bertz CT molecular complexity index is 798. The van der Waals surface area contributed by atoms with Gasteiger partial charge in [0.15, 0.2) is 5.82 Å². The molecule has 2 aromatic heterocycles. The summed E-state index contributed by atoms with van der Waals surface area (Å²) in [6.07, 6.45) is -3.24. The van der Waals surface area contributed by atoms with Crippen molar-refractivity contribution in [2.24, 2.45) is 0 Å². The lowest BCUT2D eigenvalue weighted by Crippen LogP contribution is -2.18. The molecule has 0 aromatic carbocycles. The van der Waals surface area contributed by atoms with Crippen LogP contribution in [0, 0.1) is 0 Å². The third kappa shape index (κ3) is 4.63. The lowest BCUT2D eigenvalue weighted by Gasteiger charge is -2.13. The summed E-state index contributed by atoms with van der Waals surface area (Å²) < 4.78 is 38.7. The number of carbonyl (C=O) groups excluding carboxylic acids is 1. The molecule has 0 aliphatic heterocycles. The number of aromatic nitrogens is 3. The van der Waals surface area contributed by atoms with Crippen LogP contribution in [0.1, 0.15) is 35.6 Å². The van der Waals surface area contributed by atoms with E-state index in [4.69, 9.17) is 0 Å². The topological polar surface area (TPSA) is 79.8 Å². The van der Waals surface area contributed by atoms with E-state index >= 15 is 0 Å². The van der Waals surface area contributed by atoms with Crippen molar-refractivity contribution in [3.8, 4) is 0 Å². The van der Waals surface area contributed by atoms with Gasteiger partial charge in [-0.25, -0.2) is 4.98 Å². The maximum atomic E-state index is 12.9. The molecule has 140 valence electrons. The largest absolute Gasteiger partial charge is 0.417 e. The average Bonchev–Trinajstić information content (AvgIpc) is 2.61. The molecular weight excluding hydrogens is 367 g/mol. The van der Waals surface area contributed by atoms with Gasteiger partial charge in [0.2, 0.25) is 0 Å². The minimum Gasteiger partial charge on any atom is -0.370 e. The van der Waals surface area contributed by atoms with Gasteiger partial charge < -0.3 is 10.6 Å². The van der Waals surface area contributed by atoms with Gasteiger partial charge in [-0.1, -0.05) is 13.8 Å². The number of rotatable bonds is 6. The molecule has 26 heavy (non-hydrogen) atoms. The van der Waals surface area contributed by atoms with Gasteiger partial charge in [-0.05, 0) is 24.3 Å². The lowest BCUT2D eigenvalue weighted by atomic mass is 10.2. The molecule has 6 nitrogen and oxygen atoms in total. The molecule has 2 heterocycles. The Kier molecular flexibility index (Phi) is 6.41. The number of nitrogens with one attached hydrogen (secondary N) is 2. The number of hydrogen-bond acceptors (Lipinski definition) is 6. The summed E-state index contributed by atoms with van der Waals surface area (Å²) in [4.78, 5) is 16.5. The summed E-state index contributed by atoms with van der Waals surface area (Å²) in [5.41, 5.74) is 0.0999. The fourth-order valence-electron chi connectivity index (χ4n) is 2.10. The smallest absolute Gasteiger partial charge is 0.370 e. The number of anilines is 2. The molecule has 0 aliphatic carbocycles. The van der Waals surface area contributed by atoms with E-state index in [1.807, 2.05) is 6.92 Å². The summed E-state index contributed by atoms with van der Waals surface area (Å²) >= 11 is 1.12. The van der Waals surface area contributed by atoms with Gasteiger partial charge >= 0.3 is 6.18 Å². The first-order valence-electron chi connectivity index (χ1n) is 7.85. The number of thioether (sulfide) groups is 1. The molecular formula is C16H18F3N5OS. The number of halogens is 3. The van der Waals surface area contributed by atoms with Crippen LogP contribution in [-0.4, -0.2) is 33.9 Å². The van der Waals surface area contributed by atoms with E-state index in [1.54, 1.807) is 20.0 Å². The first kappa shape index (κ1) is 20.0. The number of amides is 1. The van der Waals surface area contributed by atoms with Crippen molar-refractivity contribution in [3.05, 3.63) is 35.3 Å². The van der Waals surface area contributed by atoms with Crippen molar-refractivity contribution in [3.63, 3.8) is 0 Å². The second-order valence-electron chi connectivity index (χ2n) is 5.16. The van der Waals surface area contributed by atoms with Crippen molar-refractivity contribution in [1.29, 1.82) is 0 Å². The zero-order valence-corrected chi connectivity index (χ0v) is 15.3. The Morgan fingerprint density at radius 1 is 1.23 bits per heavy atom. The quantitative estimate of drug-likeness (QED) is 0.735. The van der Waals surface area contributed by atoms with Gasteiger partial charge in [0, 0.05) is 18.1 Å². The Morgan fingerprint density at radius 3 is 2.54 bits per heavy atom. The fraction of sp³-hybridized carbons (Fsp3) is 0.375. The Hall–Kier alpha value is -2.36. The normalized spacial score (nSPS) is 11.3. The predicted molar refractivity (Wildman–Crippen MR) is 94.5 cm³/mol. The van der Waals surface area contributed by atoms with Gasteiger partial charge in [0.05, 0.1) is 16.9 Å². The molecule has 0 unspecified atom stereocenters. The van der Waals surface area contributed by atoms with Crippen molar-refractivity contribution in [2.45, 2.75) is 31.3 Å². The Morgan fingerprint density at radius 2 is 1.96 bits per heavy atom. The van der Waals surface area contributed by atoms with E-state index in [2.05, 4.69) is 25.8 Å². The zero-order valence-electron chi connectivity index (χ0n) is 14.4. The number of aryl methyl sites for hydroxylation is 1. The van der Waals surface area contributed by atoms with E-state index in [0.29, 0.717) is 35.6 Å². The molecule has 0 bridgehead atoms. The van der Waals surface area contributed by atoms with Crippen LogP contribution in [0.3, 0.4) is 0 Å². The minimum absolute atomic E-state index is 0.0678. The summed E-state index contributed by atoms with van der Waals surface area (Å²) in [6.45, 7) is 3.67. The first-order chi connectivity index (χ1) is 12.3. The minimum atomic E-state index is -4.52. The lowest BCUT2D eigenvalue weighted by molar-refractivity contribution is -0.138. The standard InChI is InChI=1S/C16H18F3N5OS/c1-4-10-7-11(14(20-3)24-23-10)22-15(25)13-12(26-5-2)6-9(8-21-13)16(17,18)19/h6-8H,4-5H2,1-3H3,(H,20,24)(H,22,23,25). The second kappa shape index (κ2) is 8.35. The van der Waals surface area contributed by atoms with Crippen LogP contribution in [0.25, 0.3) is 0 Å². The van der Waals surface area contributed by atoms with Crippen molar-refractivity contribution >= 4 is 29.2 Å². The summed E-state index contributed by atoms with van der Waals surface area (Å²) in [7, 11) is 1.63. The molecule has 0 fully saturated rings.